The van der Waals surface area contributed by atoms with E-state index in [1.807, 2.05) is 38.1 Å². The Balaban J connectivity index is 1.93. The molecule has 2 unspecified atom stereocenters. The van der Waals surface area contributed by atoms with E-state index < -0.39 is 5.60 Å². The summed E-state index contributed by atoms with van der Waals surface area (Å²) in [4.78, 5) is 19.9. The number of hydrogen-bond acceptors (Lipinski definition) is 5. The summed E-state index contributed by atoms with van der Waals surface area (Å²) in [6.45, 7) is 11.5. The molecule has 0 spiro atoms. The van der Waals surface area contributed by atoms with Crippen LogP contribution in [0.2, 0.25) is 0 Å². The number of piperidine rings is 1. The van der Waals surface area contributed by atoms with Crippen LogP contribution in [0.5, 0.6) is 0 Å². The minimum Gasteiger partial charge on any atom is -0.444 e. The molecule has 0 bridgehead atoms. The second-order valence-electron chi connectivity index (χ2n) is 7.26. The van der Waals surface area contributed by atoms with Gasteiger partial charge in [0.05, 0.1) is 11.2 Å². The standard InChI is InChI=1S/C17H29N3O2S/c1-12(15-13(2)19-11-23-15)18-10-14-8-6-7-9-20(14)16(21)22-17(3,4)5/h11-12,14,18H,6-10H2,1-5H3. The Hall–Kier alpha value is -1.14. The van der Waals surface area contributed by atoms with Crippen LogP contribution in [0.1, 0.15) is 63.6 Å². The Kier molecular flexibility index (Phi) is 6.03. The number of nitrogens with zero attached hydrogens (tertiary/aromatic N) is 2. The van der Waals surface area contributed by atoms with Gasteiger partial charge in [-0.1, -0.05) is 0 Å². The Bertz CT molecular complexity index is 524. The van der Waals surface area contributed by atoms with Crippen LogP contribution in [-0.2, 0) is 4.74 Å². The van der Waals surface area contributed by atoms with Crippen LogP contribution < -0.4 is 5.32 Å². The minimum absolute atomic E-state index is 0.189. The third-order valence-corrected chi connectivity index (χ3v) is 5.20. The van der Waals surface area contributed by atoms with E-state index in [0.717, 1.165) is 31.6 Å². The number of hydrogen-bond donors (Lipinski definition) is 1. The molecule has 0 saturated carbocycles. The Morgan fingerprint density at radius 1 is 1.52 bits per heavy atom. The summed E-state index contributed by atoms with van der Waals surface area (Å²) in [5.74, 6) is 0. The molecule has 130 valence electrons. The molecule has 2 rings (SSSR count). The fraction of sp³-hybridized carbons (Fsp3) is 0.765. The topological polar surface area (TPSA) is 54.5 Å². The second-order valence-corrected chi connectivity index (χ2v) is 8.14. The number of aryl methyl sites for hydroxylation is 1. The van der Waals surface area contributed by atoms with Crippen molar-refractivity contribution in [1.29, 1.82) is 0 Å². The third-order valence-electron chi connectivity index (χ3n) is 4.09. The van der Waals surface area contributed by atoms with Gasteiger partial charge in [0, 0.05) is 30.1 Å². The SMILES string of the molecule is Cc1ncsc1C(C)NCC1CCCCN1C(=O)OC(C)(C)C. The molecule has 0 aromatic carbocycles. The largest absolute Gasteiger partial charge is 0.444 e. The van der Waals surface area contributed by atoms with Crippen LogP contribution in [0.4, 0.5) is 4.79 Å². The second kappa shape index (κ2) is 7.62. The first-order valence-electron chi connectivity index (χ1n) is 8.41. The smallest absolute Gasteiger partial charge is 0.410 e. The number of carbonyl (C=O) groups is 1. The maximum absolute atomic E-state index is 12.4. The number of aromatic nitrogens is 1. The lowest BCUT2D eigenvalue weighted by Crippen LogP contribution is -2.50. The van der Waals surface area contributed by atoms with Gasteiger partial charge in [-0.15, -0.1) is 11.3 Å². The first-order chi connectivity index (χ1) is 10.8. The number of rotatable bonds is 4. The lowest BCUT2D eigenvalue weighted by Gasteiger charge is -2.37. The number of carbonyl (C=O) groups excluding carboxylic acids is 1. The zero-order valence-electron chi connectivity index (χ0n) is 14.9. The fourth-order valence-electron chi connectivity index (χ4n) is 2.91. The van der Waals surface area contributed by atoms with Crippen molar-refractivity contribution in [2.24, 2.45) is 0 Å². The van der Waals surface area contributed by atoms with Crippen LogP contribution >= 0.6 is 11.3 Å². The van der Waals surface area contributed by atoms with Gasteiger partial charge in [-0.25, -0.2) is 9.78 Å². The van der Waals surface area contributed by atoms with E-state index in [-0.39, 0.29) is 18.2 Å². The molecule has 1 aromatic rings. The summed E-state index contributed by atoms with van der Waals surface area (Å²) >= 11 is 1.68. The first kappa shape index (κ1) is 18.2. The highest BCUT2D eigenvalue weighted by atomic mass is 32.1. The average molecular weight is 340 g/mol. The van der Waals surface area contributed by atoms with Gasteiger partial charge in [0.15, 0.2) is 0 Å². The van der Waals surface area contributed by atoms with Crippen molar-refractivity contribution in [1.82, 2.24) is 15.2 Å². The van der Waals surface area contributed by atoms with Crippen molar-refractivity contribution >= 4 is 17.4 Å². The molecule has 2 heterocycles. The summed E-state index contributed by atoms with van der Waals surface area (Å²) in [7, 11) is 0. The van der Waals surface area contributed by atoms with Gasteiger partial charge in [0.1, 0.15) is 5.60 Å². The highest BCUT2D eigenvalue weighted by Gasteiger charge is 2.30. The molecule has 0 radical (unpaired) electrons. The number of likely N-dealkylation sites (tertiary alicyclic amines) is 1. The normalized spacial score (nSPS) is 20.4. The molecule has 1 saturated heterocycles. The van der Waals surface area contributed by atoms with Crippen LogP contribution in [0.15, 0.2) is 5.51 Å². The van der Waals surface area contributed by atoms with Crippen molar-refractivity contribution < 1.29 is 9.53 Å². The van der Waals surface area contributed by atoms with Crippen molar-refractivity contribution in [3.05, 3.63) is 16.1 Å². The summed E-state index contributed by atoms with van der Waals surface area (Å²) < 4.78 is 5.56. The fourth-order valence-corrected chi connectivity index (χ4v) is 3.74. The zero-order chi connectivity index (χ0) is 17.0. The molecule has 2 atom stereocenters. The van der Waals surface area contributed by atoms with Gasteiger partial charge in [-0.3, -0.25) is 0 Å². The number of thiazole rings is 1. The van der Waals surface area contributed by atoms with Crippen molar-refractivity contribution in [2.75, 3.05) is 13.1 Å². The highest BCUT2D eigenvalue weighted by molar-refractivity contribution is 7.09. The Morgan fingerprint density at radius 2 is 2.26 bits per heavy atom. The van der Waals surface area contributed by atoms with Gasteiger partial charge < -0.3 is 15.0 Å². The van der Waals surface area contributed by atoms with Crippen LogP contribution in [0, 0.1) is 6.92 Å². The molecule has 1 aromatic heterocycles. The molecule has 5 nitrogen and oxygen atoms in total. The molecule has 1 N–H and O–H groups in total. The van der Waals surface area contributed by atoms with Gasteiger partial charge in [-0.2, -0.15) is 0 Å². The lowest BCUT2D eigenvalue weighted by atomic mass is 10.0. The van der Waals surface area contributed by atoms with Crippen molar-refractivity contribution in [2.45, 2.75) is 71.6 Å². The van der Waals surface area contributed by atoms with E-state index in [9.17, 15) is 4.79 Å². The molecular formula is C17H29N3O2S. The number of nitrogens with one attached hydrogen (secondary N) is 1. The van der Waals surface area contributed by atoms with E-state index in [0.29, 0.717) is 0 Å². The van der Waals surface area contributed by atoms with Gasteiger partial charge in [0.25, 0.3) is 0 Å². The molecule has 6 heteroatoms. The molecule has 1 amide bonds. The quantitative estimate of drug-likeness (QED) is 0.904. The lowest BCUT2D eigenvalue weighted by molar-refractivity contribution is 0.00971. The van der Waals surface area contributed by atoms with Gasteiger partial charge >= 0.3 is 6.09 Å². The molecule has 1 aliphatic heterocycles. The van der Waals surface area contributed by atoms with Crippen LogP contribution in [0.25, 0.3) is 0 Å². The molecule has 1 fully saturated rings. The summed E-state index contributed by atoms with van der Waals surface area (Å²) in [5, 5.41) is 3.56. The average Bonchev–Trinajstić information content (AvgIpc) is 2.89. The van der Waals surface area contributed by atoms with Crippen LogP contribution in [0.3, 0.4) is 0 Å². The Labute approximate surface area is 143 Å². The van der Waals surface area contributed by atoms with E-state index >= 15 is 0 Å². The zero-order valence-corrected chi connectivity index (χ0v) is 15.7. The molecule has 1 aliphatic rings. The van der Waals surface area contributed by atoms with Gasteiger partial charge in [-0.05, 0) is 53.9 Å². The maximum atomic E-state index is 12.4. The molecule has 23 heavy (non-hydrogen) atoms. The van der Waals surface area contributed by atoms with E-state index in [1.165, 1.54) is 11.3 Å². The summed E-state index contributed by atoms with van der Waals surface area (Å²) in [6.07, 6.45) is 3.06. The first-order valence-corrected chi connectivity index (χ1v) is 9.29. The van der Waals surface area contributed by atoms with Crippen molar-refractivity contribution in [3.8, 4) is 0 Å². The van der Waals surface area contributed by atoms with Gasteiger partial charge in [0.2, 0.25) is 0 Å². The maximum Gasteiger partial charge on any atom is 0.410 e. The highest BCUT2D eigenvalue weighted by Crippen LogP contribution is 2.23. The van der Waals surface area contributed by atoms with E-state index in [2.05, 4.69) is 17.2 Å². The third kappa shape index (κ3) is 5.18. The summed E-state index contributed by atoms with van der Waals surface area (Å²) in [5.41, 5.74) is 2.53. The minimum atomic E-state index is -0.445. The van der Waals surface area contributed by atoms with Crippen molar-refractivity contribution in [3.63, 3.8) is 0 Å². The molecule has 0 aliphatic carbocycles. The predicted octanol–water partition coefficient (Wildman–Crippen LogP) is 3.89. The summed E-state index contributed by atoms with van der Waals surface area (Å²) in [6, 6.07) is 0.458. The van der Waals surface area contributed by atoms with Crippen LogP contribution in [-0.4, -0.2) is 40.7 Å². The monoisotopic (exact) mass is 339 g/mol. The Morgan fingerprint density at radius 3 is 2.87 bits per heavy atom. The predicted molar refractivity (Wildman–Crippen MR) is 93.8 cm³/mol. The molecular weight excluding hydrogens is 310 g/mol. The van der Waals surface area contributed by atoms with E-state index in [4.69, 9.17) is 4.74 Å². The number of amides is 1. The van der Waals surface area contributed by atoms with E-state index in [1.54, 1.807) is 11.3 Å². The number of ether oxygens (including phenoxy) is 1.